The molecule has 1 aromatic carbocycles. The Morgan fingerprint density at radius 1 is 1.10 bits per heavy atom. The average molecular weight is 522 g/mol. The standard InChI is InChI=1S/C31H35N7O/c1-20(38-16-13-22(14-17-38)21-6-8-23(9-7-21)31(39)36(3)4)28-18-26-24(12-15-34-30(26)37(28)5)25-10-11-29(33-2)35-27(25)19-32/h6-12,15,18,20,22H,13-14,16-17H2,1-5H3,(H,33,35). The highest BCUT2D eigenvalue weighted by Crippen LogP contribution is 2.36. The quantitative estimate of drug-likeness (QED) is 0.376. The maximum Gasteiger partial charge on any atom is 0.253 e. The average Bonchev–Trinajstić information content (AvgIpc) is 3.32. The number of nitrogens with zero attached hydrogens (tertiary/aromatic N) is 6. The molecule has 1 amide bonds. The van der Waals surface area contributed by atoms with Crippen LogP contribution in [0.15, 0.2) is 54.7 Å². The molecule has 0 radical (unpaired) electrons. The Kier molecular flexibility index (Phi) is 7.36. The first-order valence-electron chi connectivity index (χ1n) is 13.4. The highest BCUT2D eigenvalue weighted by Gasteiger charge is 2.27. The largest absolute Gasteiger partial charge is 0.373 e. The Balaban J connectivity index is 1.35. The lowest BCUT2D eigenvalue weighted by Gasteiger charge is -2.36. The molecule has 1 aliphatic rings. The number of hydrogen-bond donors (Lipinski definition) is 1. The zero-order valence-electron chi connectivity index (χ0n) is 23.3. The van der Waals surface area contributed by atoms with Crippen molar-refractivity contribution in [3.8, 4) is 17.2 Å². The van der Waals surface area contributed by atoms with Crippen LogP contribution in [-0.2, 0) is 7.05 Å². The molecule has 4 heterocycles. The van der Waals surface area contributed by atoms with Crippen LogP contribution in [0.5, 0.6) is 0 Å². The number of likely N-dealkylation sites (tertiary alicyclic amines) is 1. The Morgan fingerprint density at radius 2 is 1.82 bits per heavy atom. The minimum atomic E-state index is 0.0351. The summed E-state index contributed by atoms with van der Waals surface area (Å²) < 4.78 is 2.18. The van der Waals surface area contributed by atoms with Crippen LogP contribution < -0.4 is 5.32 Å². The number of nitriles is 1. The molecule has 5 rings (SSSR count). The summed E-state index contributed by atoms with van der Waals surface area (Å²) in [5.74, 6) is 1.20. The molecular formula is C31H35N7O. The van der Waals surface area contributed by atoms with Crippen molar-refractivity contribution < 1.29 is 4.79 Å². The van der Waals surface area contributed by atoms with Crippen LogP contribution in [0.1, 0.15) is 59.0 Å². The molecule has 1 unspecified atom stereocenters. The van der Waals surface area contributed by atoms with E-state index in [2.05, 4.69) is 63.0 Å². The lowest BCUT2D eigenvalue weighted by molar-refractivity contribution is 0.0827. The van der Waals surface area contributed by atoms with Crippen molar-refractivity contribution in [3.63, 3.8) is 0 Å². The highest BCUT2D eigenvalue weighted by molar-refractivity contribution is 5.95. The summed E-state index contributed by atoms with van der Waals surface area (Å²) in [4.78, 5) is 25.5. The number of pyridine rings is 2. The molecular weight excluding hydrogens is 486 g/mol. The van der Waals surface area contributed by atoms with E-state index in [0.29, 0.717) is 17.4 Å². The second-order valence-corrected chi connectivity index (χ2v) is 10.5. The van der Waals surface area contributed by atoms with E-state index in [9.17, 15) is 10.1 Å². The second-order valence-electron chi connectivity index (χ2n) is 10.5. The molecule has 0 spiro atoms. The van der Waals surface area contributed by atoms with Gasteiger partial charge in [0.05, 0.1) is 0 Å². The molecule has 1 N–H and O–H groups in total. The van der Waals surface area contributed by atoms with Crippen molar-refractivity contribution in [1.29, 1.82) is 5.26 Å². The first-order valence-corrected chi connectivity index (χ1v) is 13.4. The van der Waals surface area contributed by atoms with E-state index in [1.165, 1.54) is 11.3 Å². The predicted octanol–water partition coefficient (Wildman–Crippen LogP) is 5.19. The van der Waals surface area contributed by atoms with E-state index in [1.54, 1.807) is 26.0 Å². The fourth-order valence-electron chi connectivity index (χ4n) is 5.74. The molecule has 8 heteroatoms. The van der Waals surface area contributed by atoms with Gasteiger partial charge in [-0.05, 0) is 86.3 Å². The zero-order valence-corrected chi connectivity index (χ0v) is 23.3. The van der Waals surface area contributed by atoms with Crippen molar-refractivity contribution in [2.75, 3.05) is 39.5 Å². The number of amides is 1. The molecule has 1 aliphatic heterocycles. The van der Waals surface area contributed by atoms with Crippen LogP contribution in [0, 0.1) is 11.3 Å². The van der Waals surface area contributed by atoms with Gasteiger partial charge in [-0.1, -0.05) is 12.1 Å². The highest BCUT2D eigenvalue weighted by atomic mass is 16.2. The van der Waals surface area contributed by atoms with Gasteiger partial charge in [0, 0.05) is 62.6 Å². The van der Waals surface area contributed by atoms with E-state index >= 15 is 0 Å². The molecule has 0 bridgehead atoms. The summed E-state index contributed by atoms with van der Waals surface area (Å²) in [5.41, 5.74) is 6.32. The van der Waals surface area contributed by atoms with E-state index < -0.39 is 0 Å². The van der Waals surface area contributed by atoms with Crippen LogP contribution in [0.3, 0.4) is 0 Å². The zero-order chi connectivity index (χ0) is 27.7. The van der Waals surface area contributed by atoms with Gasteiger partial charge in [-0.2, -0.15) is 5.26 Å². The van der Waals surface area contributed by atoms with Gasteiger partial charge in [0.2, 0.25) is 0 Å². The lowest BCUT2D eigenvalue weighted by Crippen LogP contribution is -2.35. The van der Waals surface area contributed by atoms with Crippen LogP contribution >= 0.6 is 0 Å². The molecule has 3 aromatic heterocycles. The van der Waals surface area contributed by atoms with Crippen molar-refractivity contribution in [2.24, 2.45) is 7.05 Å². The van der Waals surface area contributed by atoms with E-state index in [-0.39, 0.29) is 11.9 Å². The van der Waals surface area contributed by atoms with E-state index in [1.807, 2.05) is 36.5 Å². The number of piperidine rings is 1. The van der Waals surface area contributed by atoms with Gasteiger partial charge in [-0.25, -0.2) is 9.97 Å². The number of fused-ring (bicyclic) bond motifs is 1. The van der Waals surface area contributed by atoms with Crippen molar-refractivity contribution in [2.45, 2.75) is 31.7 Å². The number of carbonyl (C=O) groups is 1. The SMILES string of the molecule is CNc1ccc(-c2ccnc3c2cc(C(C)N2CCC(c4ccc(C(=O)N(C)C)cc4)CC2)n3C)c(C#N)n1. The van der Waals surface area contributed by atoms with Crippen LogP contribution in [0.4, 0.5) is 5.82 Å². The number of aromatic nitrogens is 3. The molecule has 4 aromatic rings. The molecule has 1 atom stereocenters. The third-order valence-electron chi connectivity index (χ3n) is 8.05. The minimum absolute atomic E-state index is 0.0351. The van der Waals surface area contributed by atoms with Gasteiger partial charge >= 0.3 is 0 Å². The Labute approximate surface area is 229 Å². The van der Waals surface area contributed by atoms with Gasteiger partial charge in [-0.3, -0.25) is 9.69 Å². The van der Waals surface area contributed by atoms with Crippen molar-refractivity contribution in [1.82, 2.24) is 24.3 Å². The number of carbonyl (C=O) groups excluding carboxylic acids is 1. The molecule has 200 valence electrons. The fourth-order valence-corrected chi connectivity index (χ4v) is 5.74. The van der Waals surface area contributed by atoms with Crippen LogP contribution in [0.25, 0.3) is 22.2 Å². The first kappa shape index (κ1) is 26.4. The predicted molar refractivity (Wildman–Crippen MR) is 155 cm³/mol. The molecule has 8 nitrogen and oxygen atoms in total. The van der Waals surface area contributed by atoms with Gasteiger partial charge in [0.25, 0.3) is 5.91 Å². The molecule has 39 heavy (non-hydrogen) atoms. The van der Waals surface area contributed by atoms with Crippen molar-refractivity contribution >= 4 is 22.8 Å². The topological polar surface area (TPSA) is 90.1 Å². The summed E-state index contributed by atoms with van der Waals surface area (Å²) in [6.07, 6.45) is 3.96. The third-order valence-corrected chi connectivity index (χ3v) is 8.05. The second kappa shape index (κ2) is 10.9. The summed E-state index contributed by atoms with van der Waals surface area (Å²) >= 11 is 0. The molecule has 1 fully saturated rings. The summed E-state index contributed by atoms with van der Waals surface area (Å²) in [6, 6.07) is 18.7. The maximum absolute atomic E-state index is 12.2. The van der Waals surface area contributed by atoms with Gasteiger partial charge in [-0.15, -0.1) is 0 Å². The first-order chi connectivity index (χ1) is 18.8. The summed E-state index contributed by atoms with van der Waals surface area (Å²) in [7, 11) is 7.43. The summed E-state index contributed by atoms with van der Waals surface area (Å²) in [6.45, 7) is 4.26. The van der Waals surface area contributed by atoms with E-state index in [4.69, 9.17) is 0 Å². The van der Waals surface area contributed by atoms with E-state index in [0.717, 1.165) is 53.7 Å². The lowest BCUT2D eigenvalue weighted by atomic mass is 9.88. The minimum Gasteiger partial charge on any atom is -0.373 e. The van der Waals surface area contributed by atoms with Crippen LogP contribution in [0.2, 0.25) is 0 Å². The Morgan fingerprint density at radius 3 is 2.46 bits per heavy atom. The number of nitrogens with one attached hydrogen (secondary N) is 1. The number of benzene rings is 1. The Hall–Kier alpha value is -4.22. The van der Waals surface area contributed by atoms with Crippen LogP contribution in [-0.4, -0.2) is 64.5 Å². The number of aryl methyl sites for hydroxylation is 1. The van der Waals surface area contributed by atoms with Gasteiger partial charge < -0.3 is 14.8 Å². The number of anilines is 1. The smallest absolute Gasteiger partial charge is 0.253 e. The third kappa shape index (κ3) is 4.98. The maximum atomic E-state index is 12.2. The normalized spacial score (nSPS) is 15.2. The van der Waals surface area contributed by atoms with Crippen molar-refractivity contribution in [3.05, 3.63) is 77.2 Å². The molecule has 1 saturated heterocycles. The number of rotatable bonds is 6. The number of hydrogen-bond acceptors (Lipinski definition) is 6. The monoisotopic (exact) mass is 521 g/mol. The van der Waals surface area contributed by atoms with Gasteiger partial charge in [0.1, 0.15) is 17.5 Å². The molecule has 0 saturated carbocycles. The summed E-state index contributed by atoms with van der Waals surface area (Å²) in [5, 5.41) is 13.8. The molecule has 0 aliphatic carbocycles. The fraction of sp³-hybridized carbons (Fsp3) is 0.355. The van der Waals surface area contributed by atoms with Gasteiger partial charge in [0.15, 0.2) is 5.69 Å². The Bertz CT molecular complexity index is 1540.